The first-order valence-electron chi connectivity index (χ1n) is 10.5. The molecule has 0 aliphatic carbocycles. The first-order chi connectivity index (χ1) is 15.3. The molecule has 0 N–H and O–H groups in total. The lowest BCUT2D eigenvalue weighted by Gasteiger charge is -2.38. The summed E-state index contributed by atoms with van der Waals surface area (Å²) in [6.45, 7) is 1.15. The predicted molar refractivity (Wildman–Crippen MR) is 116 cm³/mol. The Balaban J connectivity index is 1.41. The Kier molecular flexibility index (Phi) is 4.23. The Morgan fingerprint density at radius 2 is 1.77 bits per heavy atom. The fourth-order valence-electron chi connectivity index (χ4n) is 4.45. The number of hydrogen-bond acceptors (Lipinski definition) is 6. The van der Waals surface area contributed by atoms with E-state index in [9.17, 15) is 0 Å². The summed E-state index contributed by atoms with van der Waals surface area (Å²) in [4.78, 5) is 0. The smallest absolute Gasteiger partial charge is 0.214 e. The van der Waals surface area contributed by atoms with Crippen LogP contribution in [0.1, 0.15) is 35.4 Å². The molecule has 31 heavy (non-hydrogen) atoms. The van der Waals surface area contributed by atoms with Crippen LogP contribution in [0.25, 0.3) is 0 Å². The summed E-state index contributed by atoms with van der Waals surface area (Å²) >= 11 is 0. The van der Waals surface area contributed by atoms with Crippen molar-refractivity contribution in [3.05, 3.63) is 83.4 Å². The lowest BCUT2D eigenvalue weighted by molar-refractivity contribution is -0.0191. The van der Waals surface area contributed by atoms with Gasteiger partial charge in [0.25, 0.3) is 0 Å². The highest BCUT2D eigenvalue weighted by atomic mass is 16.6. The number of benzene rings is 3. The van der Waals surface area contributed by atoms with Gasteiger partial charge in [-0.15, -0.1) is 0 Å². The first kappa shape index (κ1) is 18.1. The zero-order chi connectivity index (χ0) is 20.8. The van der Waals surface area contributed by atoms with E-state index >= 15 is 0 Å². The van der Waals surface area contributed by atoms with Crippen LogP contribution in [0.5, 0.6) is 23.0 Å². The molecule has 3 aromatic carbocycles. The highest BCUT2D eigenvalue weighted by Gasteiger charge is 2.41. The van der Waals surface area contributed by atoms with Crippen molar-refractivity contribution < 1.29 is 18.9 Å². The summed E-state index contributed by atoms with van der Waals surface area (Å²) in [7, 11) is 1.67. The summed E-state index contributed by atoms with van der Waals surface area (Å²) in [5.41, 5.74) is 4.21. The number of rotatable bonds is 3. The molecule has 0 saturated carbocycles. The summed E-state index contributed by atoms with van der Waals surface area (Å²) in [5, 5.41) is 7.10. The highest BCUT2D eigenvalue weighted by Crippen LogP contribution is 2.48. The number of hydrazone groups is 1. The summed E-state index contributed by atoms with van der Waals surface area (Å²) in [6.07, 6.45) is 0.463. The average Bonchev–Trinajstić information content (AvgIpc) is 3.29. The van der Waals surface area contributed by atoms with Gasteiger partial charge >= 0.3 is 0 Å². The van der Waals surface area contributed by atoms with Gasteiger partial charge in [0, 0.05) is 23.1 Å². The number of nitrogens with zero attached hydrogens (tertiary/aromatic N) is 2. The summed E-state index contributed by atoms with van der Waals surface area (Å²) in [6, 6.07) is 22.3. The van der Waals surface area contributed by atoms with Gasteiger partial charge in [-0.2, -0.15) is 5.10 Å². The molecule has 3 aromatic rings. The van der Waals surface area contributed by atoms with Crippen molar-refractivity contribution in [1.82, 2.24) is 5.01 Å². The van der Waals surface area contributed by atoms with Gasteiger partial charge in [0.1, 0.15) is 24.7 Å². The van der Waals surface area contributed by atoms with Crippen molar-refractivity contribution in [3.8, 4) is 23.0 Å². The van der Waals surface area contributed by atoms with E-state index in [1.165, 1.54) is 0 Å². The van der Waals surface area contributed by atoms with Crippen molar-refractivity contribution in [2.24, 2.45) is 5.10 Å². The Hall–Kier alpha value is -3.67. The SMILES string of the molecule is COc1cccc(C2Oc3ccccc3C3CC(c4ccc5c(c4)OCCO5)=NN32)c1. The molecule has 2 unspecified atom stereocenters. The van der Waals surface area contributed by atoms with Crippen LogP contribution in [0.15, 0.2) is 71.8 Å². The molecule has 3 aliphatic heterocycles. The van der Waals surface area contributed by atoms with Crippen LogP contribution in [0.4, 0.5) is 0 Å². The van der Waals surface area contributed by atoms with E-state index in [0.717, 1.165) is 51.8 Å². The quantitative estimate of drug-likeness (QED) is 0.621. The third kappa shape index (κ3) is 3.06. The molecule has 0 bridgehead atoms. The monoisotopic (exact) mass is 414 g/mol. The number of fused-ring (bicyclic) bond motifs is 4. The fraction of sp³-hybridized carbons (Fsp3) is 0.240. The maximum Gasteiger partial charge on any atom is 0.214 e. The molecule has 0 spiro atoms. The summed E-state index contributed by atoms with van der Waals surface area (Å²) < 4.78 is 23.3. The van der Waals surface area contributed by atoms with E-state index in [4.69, 9.17) is 24.0 Å². The van der Waals surface area contributed by atoms with Crippen molar-refractivity contribution in [2.45, 2.75) is 18.7 Å². The van der Waals surface area contributed by atoms with E-state index in [0.29, 0.717) is 13.2 Å². The van der Waals surface area contributed by atoms with Gasteiger partial charge in [-0.3, -0.25) is 0 Å². The molecule has 3 heterocycles. The molecular formula is C25H22N2O4. The zero-order valence-electron chi connectivity index (χ0n) is 17.2. The Morgan fingerprint density at radius 3 is 2.68 bits per heavy atom. The largest absolute Gasteiger partial charge is 0.497 e. The van der Waals surface area contributed by atoms with Gasteiger partial charge in [-0.1, -0.05) is 30.3 Å². The third-order valence-corrected chi connectivity index (χ3v) is 5.95. The second-order valence-corrected chi connectivity index (χ2v) is 7.79. The van der Waals surface area contributed by atoms with Gasteiger partial charge < -0.3 is 18.9 Å². The molecule has 0 saturated heterocycles. The van der Waals surface area contributed by atoms with Gasteiger partial charge in [0.15, 0.2) is 11.5 Å². The fourth-order valence-corrected chi connectivity index (χ4v) is 4.45. The second kappa shape index (κ2) is 7.23. The van der Waals surface area contributed by atoms with Gasteiger partial charge in [-0.05, 0) is 36.4 Å². The number of ether oxygens (including phenoxy) is 4. The van der Waals surface area contributed by atoms with E-state index < -0.39 is 0 Å². The van der Waals surface area contributed by atoms with Crippen molar-refractivity contribution >= 4 is 5.71 Å². The third-order valence-electron chi connectivity index (χ3n) is 5.95. The Labute approximate surface area is 180 Å². The van der Waals surface area contributed by atoms with Crippen molar-refractivity contribution in [2.75, 3.05) is 20.3 Å². The minimum atomic E-state index is -0.329. The molecule has 0 aromatic heterocycles. The molecule has 0 amide bonds. The first-order valence-corrected chi connectivity index (χ1v) is 10.5. The Bertz CT molecular complexity index is 1180. The maximum atomic E-state index is 6.42. The molecule has 0 radical (unpaired) electrons. The van der Waals surface area contributed by atoms with E-state index in [-0.39, 0.29) is 12.3 Å². The summed E-state index contributed by atoms with van der Waals surface area (Å²) in [5.74, 6) is 3.26. The standard InChI is InChI=1S/C25H22N2O4/c1-28-18-6-4-5-17(13-18)25-27-21(19-7-2-3-8-22(19)31-25)15-20(26-27)16-9-10-23-24(14-16)30-12-11-29-23/h2-10,13-14,21,25H,11-12,15H2,1H3. The molecule has 156 valence electrons. The Morgan fingerprint density at radius 1 is 0.903 bits per heavy atom. The van der Waals surface area contributed by atoms with Crippen LogP contribution >= 0.6 is 0 Å². The van der Waals surface area contributed by atoms with Crippen molar-refractivity contribution in [3.63, 3.8) is 0 Å². The lowest BCUT2D eigenvalue weighted by atomic mass is 9.95. The minimum Gasteiger partial charge on any atom is -0.497 e. The molecule has 6 heteroatoms. The highest BCUT2D eigenvalue weighted by molar-refractivity contribution is 6.02. The van der Waals surface area contributed by atoms with Crippen LogP contribution in [0.2, 0.25) is 0 Å². The molecule has 6 nitrogen and oxygen atoms in total. The van der Waals surface area contributed by atoms with Crippen molar-refractivity contribution in [1.29, 1.82) is 0 Å². The zero-order valence-corrected chi connectivity index (χ0v) is 17.2. The van der Waals surface area contributed by atoms with Gasteiger partial charge in [-0.25, -0.2) is 5.01 Å². The number of methoxy groups -OCH3 is 1. The van der Waals surface area contributed by atoms with Crippen LogP contribution in [-0.2, 0) is 0 Å². The number of hydrogen-bond donors (Lipinski definition) is 0. The van der Waals surface area contributed by atoms with Crippen LogP contribution in [0.3, 0.4) is 0 Å². The second-order valence-electron chi connectivity index (χ2n) is 7.79. The van der Waals surface area contributed by atoms with E-state index in [1.54, 1.807) is 7.11 Å². The predicted octanol–water partition coefficient (Wildman–Crippen LogP) is 4.71. The van der Waals surface area contributed by atoms with Gasteiger partial charge in [0.05, 0.1) is 18.9 Å². The molecular weight excluding hydrogens is 392 g/mol. The van der Waals surface area contributed by atoms with Crippen LogP contribution in [-0.4, -0.2) is 31.0 Å². The molecule has 6 rings (SSSR count). The molecule has 3 aliphatic rings. The lowest BCUT2D eigenvalue weighted by Crippen LogP contribution is -2.33. The average molecular weight is 414 g/mol. The molecule has 2 atom stereocenters. The molecule has 0 fully saturated rings. The topological polar surface area (TPSA) is 52.5 Å². The van der Waals surface area contributed by atoms with E-state index in [2.05, 4.69) is 23.2 Å². The minimum absolute atomic E-state index is 0.101. The number of para-hydroxylation sites is 1. The van der Waals surface area contributed by atoms with Crippen LogP contribution < -0.4 is 18.9 Å². The van der Waals surface area contributed by atoms with E-state index in [1.807, 2.05) is 48.5 Å². The maximum absolute atomic E-state index is 6.42. The van der Waals surface area contributed by atoms with Gasteiger partial charge in [0.2, 0.25) is 6.23 Å². The van der Waals surface area contributed by atoms with Crippen LogP contribution in [0, 0.1) is 0 Å². The normalized spacial score (nSPS) is 20.9.